The van der Waals surface area contributed by atoms with E-state index < -0.39 is 0 Å². The lowest BCUT2D eigenvalue weighted by Gasteiger charge is -2.37. The standard InChI is InChI=1S/C21H25N3O2/c1-16(2)19(17-6-4-3-5-7-17)21(26)24-14-12-23(13-15-24)20(25)18-8-10-22-11-9-18/h3-11,16,19H,12-15H2,1-2H3. The second-order valence-corrected chi connectivity index (χ2v) is 6.99. The highest BCUT2D eigenvalue weighted by Crippen LogP contribution is 2.27. The van der Waals surface area contributed by atoms with Crippen LogP contribution in [0, 0.1) is 5.92 Å². The van der Waals surface area contributed by atoms with Crippen molar-refractivity contribution in [3.05, 3.63) is 66.0 Å². The minimum Gasteiger partial charge on any atom is -0.339 e. The summed E-state index contributed by atoms with van der Waals surface area (Å²) < 4.78 is 0. The van der Waals surface area contributed by atoms with E-state index in [-0.39, 0.29) is 23.7 Å². The van der Waals surface area contributed by atoms with Crippen LogP contribution in [0.2, 0.25) is 0 Å². The first-order chi connectivity index (χ1) is 12.6. The average molecular weight is 351 g/mol. The van der Waals surface area contributed by atoms with E-state index in [4.69, 9.17) is 0 Å². The van der Waals surface area contributed by atoms with Gasteiger partial charge in [0.2, 0.25) is 5.91 Å². The van der Waals surface area contributed by atoms with Gasteiger partial charge in [-0.2, -0.15) is 0 Å². The molecular weight excluding hydrogens is 326 g/mol. The normalized spacial score (nSPS) is 15.8. The predicted molar refractivity (Wildman–Crippen MR) is 101 cm³/mol. The number of carbonyl (C=O) groups excluding carboxylic acids is 2. The predicted octanol–water partition coefficient (Wildman–Crippen LogP) is 2.81. The van der Waals surface area contributed by atoms with E-state index in [1.165, 1.54) is 0 Å². The Morgan fingerprint density at radius 2 is 1.46 bits per heavy atom. The van der Waals surface area contributed by atoms with E-state index in [2.05, 4.69) is 18.8 Å². The number of aromatic nitrogens is 1. The maximum Gasteiger partial charge on any atom is 0.254 e. The molecule has 2 heterocycles. The molecule has 2 aromatic rings. The molecule has 1 aliphatic heterocycles. The molecular formula is C21H25N3O2. The van der Waals surface area contributed by atoms with Gasteiger partial charge < -0.3 is 9.80 Å². The summed E-state index contributed by atoms with van der Waals surface area (Å²) in [5.41, 5.74) is 1.70. The highest BCUT2D eigenvalue weighted by molar-refractivity contribution is 5.94. The van der Waals surface area contributed by atoms with Gasteiger partial charge in [0, 0.05) is 44.1 Å². The third-order valence-electron chi connectivity index (χ3n) is 4.90. The molecule has 1 saturated heterocycles. The van der Waals surface area contributed by atoms with Crippen molar-refractivity contribution in [1.29, 1.82) is 0 Å². The van der Waals surface area contributed by atoms with Gasteiger partial charge in [0.15, 0.2) is 0 Å². The number of amides is 2. The molecule has 3 rings (SSSR count). The van der Waals surface area contributed by atoms with E-state index in [0.29, 0.717) is 31.7 Å². The summed E-state index contributed by atoms with van der Waals surface area (Å²) in [4.78, 5) is 33.3. The maximum atomic E-state index is 13.1. The quantitative estimate of drug-likeness (QED) is 0.851. The fraction of sp³-hybridized carbons (Fsp3) is 0.381. The van der Waals surface area contributed by atoms with Crippen molar-refractivity contribution < 1.29 is 9.59 Å². The molecule has 0 aliphatic carbocycles. The van der Waals surface area contributed by atoms with Gasteiger partial charge in [-0.15, -0.1) is 0 Å². The Morgan fingerprint density at radius 3 is 2.04 bits per heavy atom. The molecule has 1 aliphatic rings. The van der Waals surface area contributed by atoms with Crippen LogP contribution in [0.5, 0.6) is 0 Å². The van der Waals surface area contributed by atoms with Gasteiger partial charge >= 0.3 is 0 Å². The Hall–Kier alpha value is -2.69. The first kappa shape index (κ1) is 18.1. The number of pyridine rings is 1. The molecule has 5 heteroatoms. The number of hydrogen-bond donors (Lipinski definition) is 0. The second-order valence-electron chi connectivity index (χ2n) is 6.99. The number of rotatable bonds is 4. The number of benzene rings is 1. The third-order valence-corrected chi connectivity index (χ3v) is 4.90. The van der Waals surface area contributed by atoms with Gasteiger partial charge in [0.25, 0.3) is 5.91 Å². The Balaban J connectivity index is 1.65. The molecule has 1 unspecified atom stereocenters. The van der Waals surface area contributed by atoms with Crippen LogP contribution in [0.25, 0.3) is 0 Å². The highest BCUT2D eigenvalue weighted by atomic mass is 16.2. The van der Waals surface area contributed by atoms with Crippen molar-refractivity contribution in [3.63, 3.8) is 0 Å². The first-order valence-electron chi connectivity index (χ1n) is 9.11. The van der Waals surface area contributed by atoms with Crippen molar-refractivity contribution in [2.24, 2.45) is 5.92 Å². The highest BCUT2D eigenvalue weighted by Gasteiger charge is 2.31. The van der Waals surface area contributed by atoms with Crippen molar-refractivity contribution in [1.82, 2.24) is 14.8 Å². The first-order valence-corrected chi connectivity index (χ1v) is 9.11. The van der Waals surface area contributed by atoms with Crippen LogP contribution in [0.1, 0.15) is 35.7 Å². The summed E-state index contributed by atoms with van der Waals surface area (Å²) in [6.45, 7) is 6.44. The van der Waals surface area contributed by atoms with Crippen LogP contribution in [0.15, 0.2) is 54.9 Å². The number of nitrogens with zero attached hydrogens (tertiary/aromatic N) is 3. The van der Waals surface area contributed by atoms with Gasteiger partial charge in [0.05, 0.1) is 5.92 Å². The smallest absolute Gasteiger partial charge is 0.254 e. The molecule has 5 nitrogen and oxygen atoms in total. The van der Waals surface area contributed by atoms with E-state index in [1.54, 1.807) is 24.5 Å². The molecule has 0 saturated carbocycles. The lowest BCUT2D eigenvalue weighted by molar-refractivity contribution is -0.135. The SMILES string of the molecule is CC(C)C(C(=O)N1CCN(C(=O)c2ccncc2)CC1)c1ccccc1. The third kappa shape index (κ3) is 3.93. The average Bonchev–Trinajstić information content (AvgIpc) is 2.69. The topological polar surface area (TPSA) is 53.5 Å². The van der Waals surface area contributed by atoms with E-state index >= 15 is 0 Å². The number of piperazine rings is 1. The second kappa shape index (κ2) is 8.13. The van der Waals surface area contributed by atoms with Crippen LogP contribution < -0.4 is 0 Å². The van der Waals surface area contributed by atoms with Gasteiger partial charge in [-0.1, -0.05) is 44.2 Å². The Labute approximate surface area is 154 Å². The molecule has 0 N–H and O–H groups in total. The van der Waals surface area contributed by atoms with Gasteiger partial charge in [-0.3, -0.25) is 14.6 Å². The molecule has 1 aromatic carbocycles. The van der Waals surface area contributed by atoms with Gasteiger partial charge in [0.1, 0.15) is 0 Å². The molecule has 26 heavy (non-hydrogen) atoms. The Kier molecular flexibility index (Phi) is 5.66. The lowest BCUT2D eigenvalue weighted by atomic mass is 9.87. The number of carbonyl (C=O) groups is 2. The molecule has 1 aromatic heterocycles. The fourth-order valence-corrected chi connectivity index (χ4v) is 3.48. The Bertz CT molecular complexity index is 738. The Morgan fingerprint density at radius 1 is 0.885 bits per heavy atom. The van der Waals surface area contributed by atoms with Crippen molar-refractivity contribution in [2.75, 3.05) is 26.2 Å². The summed E-state index contributed by atoms with van der Waals surface area (Å²) in [6.07, 6.45) is 3.25. The zero-order valence-electron chi connectivity index (χ0n) is 15.3. The molecule has 1 atom stereocenters. The van der Waals surface area contributed by atoms with Crippen LogP contribution >= 0.6 is 0 Å². The minimum absolute atomic E-state index is 0.00275. The van der Waals surface area contributed by atoms with Crippen LogP contribution in [-0.4, -0.2) is 52.8 Å². The molecule has 2 amide bonds. The van der Waals surface area contributed by atoms with Crippen molar-refractivity contribution in [2.45, 2.75) is 19.8 Å². The summed E-state index contributed by atoms with van der Waals surface area (Å²) in [5, 5.41) is 0. The summed E-state index contributed by atoms with van der Waals surface area (Å²) >= 11 is 0. The van der Waals surface area contributed by atoms with E-state index in [1.807, 2.05) is 40.1 Å². The van der Waals surface area contributed by atoms with Crippen molar-refractivity contribution >= 4 is 11.8 Å². The molecule has 0 bridgehead atoms. The molecule has 0 spiro atoms. The van der Waals surface area contributed by atoms with E-state index in [9.17, 15) is 9.59 Å². The van der Waals surface area contributed by atoms with E-state index in [0.717, 1.165) is 5.56 Å². The van der Waals surface area contributed by atoms with Crippen molar-refractivity contribution in [3.8, 4) is 0 Å². The monoisotopic (exact) mass is 351 g/mol. The summed E-state index contributed by atoms with van der Waals surface area (Å²) in [6, 6.07) is 13.4. The van der Waals surface area contributed by atoms with Gasteiger partial charge in [-0.05, 0) is 23.6 Å². The zero-order valence-corrected chi connectivity index (χ0v) is 15.3. The lowest BCUT2D eigenvalue weighted by Crippen LogP contribution is -2.52. The summed E-state index contributed by atoms with van der Waals surface area (Å²) in [7, 11) is 0. The molecule has 136 valence electrons. The van der Waals surface area contributed by atoms with Crippen LogP contribution in [-0.2, 0) is 4.79 Å². The largest absolute Gasteiger partial charge is 0.339 e. The molecule has 1 fully saturated rings. The van der Waals surface area contributed by atoms with Crippen LogP contribution in [0.4, 0.5) is 0 Å². The minimum atomic E-state index is -0.140. The van der Waals surface area contributed by atoms with Crippen LogP contribution in [0.3, 0.4) is 0 Å². The van der Waals surface area contributed by atoms with Gasteiger partial charge in [-0.25, -0.2) is 0 Å². The number of hydrogen-bond acceptors (Lipinski definition) is 3. The maximum absolute atomic E-state index is 13.1. The zero-order chi connectivity index (χ0) is 18.5. The summed E-state index contributed by atoms with van der Waals surface area (Å²) in [5.74, 6) is 0.241. The molecule has 0 radical (unpaired) electrons. The fourth-order valence-electron chi connectivity index (χ4n) is 3.48.